The molecule has 2 rings (SSSR count). The minimum Gasteiger partial charge on any atom is -0.342 e. The molecule has 0 saturated carbocycles. The molecule has 19 heavy (non-hydrogen) atoms. The van der Waals surface area contributed by atoms with Crippen LogP contribution in [0.2, 0.25) is 0 Å². The van der Waals surface area contributed by atoms with Gasteiger partial charge in [-0.05, 0) is 37.5 Å². The molecular weight excluding hydrogens is 330 g/mol. The van der Waals surface area contributed by atoms with Crippen LogP contribution in [0.15, 0.2) is 33.6 Å². The molecule has 0 aliphatic carbocycles. The number of hydrogen-bond acceptors (Lipinski definition) is 3. The summed E-state index contributed by atoms with van der Waals surface area (Å²) in [5, 5.41) is 0. The van der Waals surface area contributed by atoms with Gasteiger partial charge in [-0.2, -0.15) is 0 Å². The number of hydrogen-bond donors (Lipinski definition) is 0. The van der Waals surface area contributed by atoms with Gasteiger partial charge in [0.1, 0.15) is 5.75 Å². The molecule has 1 aromatic rings. The third-order valence-corrected chi connectivity index (χ3v) is 5.27. The first-order valence-electron chi connectivity index (χ1n) is 6.25. The first kappa shape index (κ1) is 14.5. The van der Waals surface area contributed by atoms with E-state index in [1.807, 2.05) is 0 Å². The monoisotopic (exact) mass is 345 g/mol. The molecule has 1 fully saturated rings. The minimum atomic E-state index is -3.55. The summed E-state index contributed by atoms with van der Waals surface area (Å²) < 4.78 is 25.0. The summed E-state index contributed by atoms with van der Waals surface area (Å²) in [5.74, 6) is -0.733. The third kappa shape index (κ3) is 3.79. The van der Waals surface area contributed by atoms with Crippen molar-refractivity contribution in [2.75, 3.05) is 18.8 Å². The number of sulfone groups is 1. The lowest BCUT2D eigenvalue weighted by molar-refractivity contribution is -0.129. The van der Waals surface area contributed by atoms with Gasteiger partial charge in [0.25, 0.3) is 0 Å². The number of amides is 1. The minimum absolute atomic E-state index is 0.187. The van der Waals surface area contributed by atoms with Gasteiger partial charge in [-0.3, -0.25) is 4.79 Å². The summed E-state index contributed by atoms with van der Waals surface area (Å²) in [6, 6.07) is 6.45. The molecule has 6 heteroatoms. The fourth-order valence-electron chi connectivity index (χ4n) is 2.14. The average molecular weight is 346 g/mol. The first-order chi connectivity index (χ1) is 8.99. The number of carbonyl (C=O) groups is 1. The summed E-state index contributed by atoms with van der Waals surface area (Å²) in [5.41, 5.74) is 0. The van der Waals surface area contributed by atoms with Gasteiger partial charge in [0, 0.05) is 17.6 Å². The highest BCUT2D eigenvalue weighted by molar-refractivity contribution is 9.10. The van der Waals surface area contributed by atoms with Crippen LogP contribution in [0, 0.1) is 0 Å². The zero-order valence-electron chi connectivity index (χ0n) is 10.5. The standard InChI is InChI=1S/C13H16BrNO3S/c14-11-5-4-6-12(9-11)19(17,18)10-13(16)15-7-2-1-3-8-15/h4-6,9H,1-3,7-8,10H2. The van der Waals surface area contributed by atoms with Gasteiger partial charge >= 0.3 is 0 Å². The Morgan fingerprint density at radius 1 is 1.21 bits per heavy atom. The summed E-state index contributed by atoms with van der Waals surface area (Å²) in [7, 11) is -3.55. The number of carbonyl (C=O) groups excluding carboxylic acids is 1. The molecule has 0 N–H and O–H groups in total. The van der Waals surface area contributed by atoms with E-state index in [1.54, 1.807) is 17.0 Å². The van der Waals surface area contributed by atoms with E-state index in [0.717, 1.165) is 19.3 Å². The van der Waals surface area contributed by atoms with Gasteiger partial charge in [0.15, 0.2) is 9.84 Å². The smallest absolute Gasteiger partial charge is 0.238 e. The summed E-state index contributed by atoms with van der Waals surface area (Å²) in [4.78, 5) is 13.8. The van der Waals surface area contributed by atoms with Gasteiger partial charge in [-0.25, -0.2) is 8.42 Å². The van der Waals surface area contributed by atoms with E-state index < -0.39 is 15.6 Å². The normalized spacial score (nSPS) is 16.4. The van der Waals surface area contributed by atoms with Gasteiger partial charge in [0.2, 0.25) is 5.91 Å². The quantitative estimate of drug-likeness (QED) is 0.843. The SMILES string of the molecule is O=C(CS(=O)(=O)c1cccc(Br)c1)N1CCCCC1. The zero-order valence-corrected chi connectivity index (χ0v) is 12.9. The highest BCUT2D eigenvalue weighted by Crippen LogP contribution is 2.18. The largest absolute Gasteiger partial charge is 0.342 e. The van der Waals surface area contributed by atoms with Crippen LogP contribution in [0.4, 0.5) is 0 Å². The molecule has 0 atom stereocenters. The van der Waals surface area contributed by atoms with Crippen molar-refractivity contribution in [1.29, 1.82) is 0 Å². The molecule has 1 aliphatic rings. The van der Waals surface area contributed by atoms with Crippen LogP contribution in [0.5, 0.6) is 0 Å². The van der Waals surface area contributed by atoms with Crippen LogP contribution >= 0.6 is 15.9 Å². The van der Waals surface area contributed by atoms with E-state index in [2.05, 4.69) is 15.9 Å². The molecular formula is C13H16BrNO3S. The van der Waals surface area contributed by atoms with Crippen molar-refractivity contribution in [3.63, 3.8) is 0 Å². The van der Waals surface area contributed by atoms with Crippen LogP contribution in [-0.2, 0) is 14.6 Å². The van der Waals surface area contributed by atoms with Crippen molar-refractivity contribution >= 4 is 31.7 Å². The molecule has 0 aromatic heterocycles. The first-order valence-corrected chi connectivity index (χ1v) is 8.70. The van der Waals surface area contributed by atoms with Gasteiger partial charge < -0.3 is 4.90 Å². The van der Waals surface area contributed by atoms with Crippen molar-refractivity contribution in [3.05, 3.63) is 28.7 Å². The molecule has 0 unspecified atom stereocenters. The van der Waals surface area contributed by atoms with Crippen LogP contribution in [0.1, 0.15) is 19.3 Å². The van der Waals surface area contributed by atoms with E-state index in [0.29, 0.717) is 17.6 Å². The van der Waals surface area contributed by atoms with Gasteiger partial charge in [-0.15, -0.1) is 0 Å². The van der Waals surface area contributed by atoms with E-state index in [4.69, 9.17) is 0 Å². The molecule has 1 aliphatic heterocycles. The van der Waals surface area contributed by atoms with Gasteiger partial charge in [0.05, 0.1) is 4.90 Å². The Morgan fingerprint density at radius 2 is 1.89 bits per heavy atom. The second-order valence-electron chi connectivity index (χ2n) is 4.66. The van der Waals surface area contributed by atoms with Crippen molar-refractivity contribution in [2.24, 2.45) is 0 Å². The molecule has 1 amide bonds. The Bertz CT molecular complexity index is 565. The second kappa shape index (κ2) is 6.05. The lowest BCUT2D eigenvalue weighted by atomic mass is 10.1. The maximum Gasteiger partial charge on any atom is 0.238 e. The predicted molar refractivity (Wildman–Crippen MR) is 76.6 cm³/mol. The maximum absolute atomic E-state index is 12.2. The van der Waals surface area contributed by atoms with Crippen LogP contribution < -0.4 is 0 Å². The summed E-state index contributed by atoms with van der Waals surface area (Å²) >= 11 is 3.24. The molecule has 1 saturated heterocycles. The Balaban J connectivity index is 2.10. The highest BCUT2D eigenvalue weighted by Gasteiger charge is 2.24. The van der Waals surface area contributed by atoms with Crippen molar-refractivity contribution in [3.8, 4) is 0 Å². The van der Waals surface area contributed by atoms with Gasteiger partial charge in [-0.1, -0.05) is 22.0 Å². The van der Waals surface area contributed by atoms with Crippen molar-refractivity contribution in [2.45, 2.75) is 24.2 Å². The molecule has 0 spiro atoms. The highest BCUT2D eigenvalue weighted by atomic mass is 79.9. The second-order valence-corrected chi connectivity index (χ2v) is 7.56. The Labute approximate surface area is 121 Å². The Hall–Kier alpha value is -0.880. The van der Waals surface area contributed by atoms with E-state index in [-0.39, 0.29) is 10.8 Å². The Morgan fingerprint density at radius 3 is 2.53 bits per heavy atom. The molecule has 1 aromatic carbocycles. The summed E-state index contributed by atoms with van der Waals surface area (Å²) in [6.07, 6.45) is 3.04. The van der Waals surface area contributed by atoms with E-state index in [9.17, 15) is 13.2 Å². The molecule has 4 nitrogen and oxygen atoms in total. The number of nitrogens with zero attached hydrogens (tertiary/aromatic N) is 1. The fraction of sp³-hybridized carbons (Fsp3) is 0.462. The number of likely N-dealkylation sites (tertiary alicyclic amines) is 1. The Kier molecular flexibility index (Phi) is 4.62. The number of rotatable bonds is 3. The fourth-order valence-corrected chi connectivity index (χ4v) is 3.96. The number of benzene rings is 1. The van der Waals surface area contributed by atoms with E-state index in [1.165, 1.54) is 12.1 Å². The molecule has 0 radical (unpaired) electrons. The van der Waals surface area contributed by atoms with Crippen LogP contribution in [0.3, 0.4) is 0 Å². The number of halogens is 1. The lowest BCUT2D eigenvalue weighted by Gasteiger charge is -2.26. The van der Waals surface area contributed by atoms with Crippen LogP contribution in [-0.4, -0.2) is 38.1 Å². The maximum atomic E-state index is 12.2. The van der Waals surface area contributed by atoms with Crippen molar-refractivity contribution < 1.29 is 13.2 Å². The predicted octanol–water partition coefficient (Wildman–Crippen LogP) is 2.24. The summed E-state index contributed by atoms with van der Waals surface area (Å²) in [6.45, 7) is 1.35. The third-order valence-electron chi connectivity index (χ3n) is 3.18. The number of piperidine rings is 1. The van der Waals surface area contributed by atoms with E-state index >= 15 is 0 Å². The zero-order chi connectivity index (χ0) is 13.9. The lowest BCUT2D eigenvalue weighted by Crippen LogP contribution is -2.39. The molecule has 1 heterocycles. The topological polar surface area (TPSA) is 54.5 Å². The molecule has 104 valence electrons. The van der Waals surface area contributed by atoms with Crippen LogP contribution in [0.25, 0.3) is 0 Å². The molecule has 0 bridgehead atoms. The van der Waals surface area contributed by atoms with Crippen molar-refractivity contribution in [1.82, 2.24) is 4.90 Å². The average Bonchev–Trinajstić information content (AvgIpc) is 2.39.